The number of amides is 1. The highest BCUT2D eigenvalue weighted by molar-refractivity contribution is 8.18. The van der Waals surface area contributed by atoms with E-state index < -0.39 is 0 Å². The Hall–Kier alpha value is -3.62. The van der Waals surface area contributed by atoms with Crippen molar-refractivity contribution in [3.05, 3.63) is 94.4 Å². The van der Waals surface area contributed by atoms with Gasteiger partial charge < -0.3 is 14.4 Å². The highest BCUT2D eigenvalue weighted by Crippen LogP contribution is 2.49. The van der Waals surface area contributed by atoms with Crippen LogP contribution in [-0.4, -0.2) is 43.3 Å². The number of likely N-dealkylation sites (N-methyl/N-ethyl adjacent to an activating group) is 1. The molecule has 0 saturated carbocycles. The van der Waals surface area contributed by atoms with Crippen molar-refractivity contribution < 1.29 is 14.3 Å². The molecule has 5 rings (SSSR count). The van der Waals surface area contributed by atoms with Gasteiger partial charge in [0.15, 0.2) is 5.17 Å². The van der Waals surface area contributed by atoms with E-state index in [1.54, 1.807) is 30.9 Å². The highest BCUT2D eigenvalue weighted by Gasteiger charge is 2.35. The van der Waals surface area contributed by atoms with E-state index in [0.717, 1.165) is 50.5 Å². The molecule has 2 aliphatic heterocycles. The van der Waals surface area contributed by atoms with Crippen molar-refractivity contribution in [2.45, 2.75) is 18.7 Å². The summed E-state index contributed by atoms with van der Waals surface area (Å²) in [6.07, 6.45) is 2.14. The third-order valence-electron chi connectivity index (χ3n) is 6.33. The molecule has 38 heavy (non-hydrogen) atoms. The third kappa shape index (κ3) is 5.06. The maximum atomic E-state index is 13.8. The van der Waals surface area contributed by atoms with E-state index in [0.29, 0.717) is 16.6 Å². The Morgan fingerprint density at radius 1 is 0.868 bits per heavy atom. The van der Waals surface area contributed by atoms with Crippen LogP contribution >= 0.6 is 23.5 Å². The first kappa shape index (κ1) is 26.0. The van der Waals surface area contributed by atoms with Crippen LogP contribution in [0.4, 0.5) is 11.4 Å². The molecule has 194 valence electrons. The number of anilines is 1. The van der Waals surface area contributed by atoms with E-state index in [-0.39, 0.29) is 5.91 Å². The Morgan fingerprint density at radius 2 is 1.55 bits per heavy atom. The molecule has 0 aromatic heterocycles. The molecular weight excluding hydrogens is 514 g/mol. The zero-order valence-corrected chi connectivity index (χ0v) is 23.4. The van der Waals surface area contributed by atoms with Crippen LogP contribution in [0.15, 0.2) is 98.7 Å². The van der Waals surface area contributed by atoms with Crippen molar-refractivity contribution in [2.75, 3.05) is 32.2 Å². The van der Waals surface area contributed by atoms with Crippen molar-refractivity contribution in [2.24, 2.45) is 4.99 Å². The van der Waals surface area contributed by atoms with E-state index in [1.165, 1.54) is 11.8 Å². The molecule has 2 heterocycles. The number of allylic oxidation sites excluding steroid dienone is 2. The minimum Gasteiger partial charge on any atom is -0.497 e. The highest BCUT2D eigenvalue weighted by atomic mass is 32.2. The molecule has 0 radical (unpaired) electrons. The van der Waals surface area contributed by atoms with Crippen molar-refractivity contribution in [1.29, 1.82) is 0 Å². The van der Waals surface area contributed by atoms with Crippen molar-refractivity contribution in [1.82, 2.24) is 4.90 Å². The number of rotatable bonds is 7. The van der Waals surface area contributed by atoms with Crippen LogP contribution in [-0.2, 0) is 4.79 Å². The fourth-order valence-electron chi connectivity index (χ4n) is 4.37. The summed E-state index contributed by atoms with van der Waals surface area (Å²) in [4.78, 5) is 24.4. The van der Waals surface area contributed by atoms with Crippen LogP contribution in [0.25, 0.3) is 5.57 Å². The lowest BCUT2D eigenvalue weighted by Gasteiger charge is -2.19. The van der Waals surface area contributed by atoms with Crippen LogP contribution in [0.3, 0.4) is 0 Å². The molecule has 2 aliphatic rings. The zero-order chi connectivity index (χ0) is 26.6. The first-order chi connectivity index (χ1) is 18.6. The number of nitrogens with zero attached hydrogens (tertiary/aromatic N) is 3. The number of aliphatic imine (C=N–C) groups is 1. The van der Waals surface area contributed by atoms with Gasteiger partial charge in [-0.25, -0.2) is 4.99 Å². The maximum Gasteiger partial charge on any atom is 0.267 e. The lowest BCUT2D eigenvalue weighted by molar-refractivity contribution is -0.122. The summed E-state index contributed by atoms with van der Waals surface area (Å²) < 4.78 is 10.7. The number of carbonyl (C=O) groups excluding carboxylic acids is 1. The van der Waals surface area contributed by atoms with Gasteiger partial charge in [0.25, 0.3) is 5.91 Å². The normalized spacial score (nSPS) is 18.4. The van der Waals surface area contributed by atoms with Crippen molar-refractivity contribution in [3.8, 4) is 11.5 Å². The zero-order valence-electron chi connectivity index (χ0n) is 21.8. The third-order valence-corrected chi connectivity index (χ3v) is 8.52. The van der Waals surface area contributed by atoms with Crippen LogP contribution in [0, 0.1) is 0 Å². The maximum absolute atomic E-state index is 13.8. The smallest absolute Gasteiger partial charge is 0.267 e. The molecule has 1 saturated heterocycles. The van der Waals surface area contributed by atoms with E-state index in [4.69, 9.17) is 14.5 Å². The molecule has 6 nitrogen and oxygen atoms in total. The summed E-state index contributed by atoms with van der Waals surface area (Å²) in [6.45, 7) is 5.45. The van der Waals surface area contributed by atoms with Gasteiger partial charge >= 0.3 is 0 Å². The number of amidine groups is 1. The predicted octanol–water partition coefficient (Wildman–Crippen LogP) is 7.17. The number of carbonyl (C=O) groups is 1. The van der Waals surface area contributed by atoms with Gasteiger partial charge in [0.1, 0.15) is 11.5 Å². The minimum atomic E-state index is -0.0364. The van der Waals surface area contributed by atoms with Gasteiger partial charge in [-0.1, -0.05) is 42.1 Å². The molecule has 1 fully saturated rings. The second-order valence-electron chi connectivity index (χ2n) is 8.52. The Morgan fingerprint density at radius 3 is 2.21 bits per heavy atom. The average Bonchev–Trinajstić information content (AvgIpc) is 3.47. The number of methoxy groups -OCH3 is 2. The number of fused-ring (bicyclic) bond motifs is 1. The largest absolute Gasteiger partial charge is 0.497 e. The fourth-order valence-corrected chi connectivity index (χ4v) is 6.70. The summed E-state index contributed by atoms with van der Waals surface area (Å²) >= 11 is 3.12. The average molecular weight is 544 g/mol. The van der Waals surface area contributed by atoms with E-state index in [9.17, 15) is 4.79 Å². The van der Waals surface area contributed by atoms with Gasteiger partial charge in [-0.15, -0.1) is 0 Å². The molecule has 1 amide bonds. The summed E-state index contributed by atoms with van der Waals surface area (Å²) in [6, 6.07) is 23.8. The molecule has 0 unspecified atom stereocenters. The van der Waals surface area contributed by atoms with E-state index in [1.807, 2.05) is 67.6 Å². The van der Waals surface area contributed by atoms with Crippen molar-refractivity contribution >= 4 is 51.5 Å². The van der Waals surface area contributed by atoms with Gasteiger partial charge in [0.05, 0.1) is 35.5 Å². The lowest BCUT2D eigenvalue weighted by Crippen LogP contribution is -2.28. The molecule has 3 aromatic rings. The molecule has 0 N–H and O–H groups in total. The lowest BCUT2D eigenvalue weighted by atomic mass is 10.0. The molecule has 0 spiro atoms. The van der Waals surface area contributed by atoms with Crippen molar-refractivity contribution in [3.63, 3.8) is 0 Å². The van der Waals surface area contributed by atoms with Gasteiger partial charge in [-0.3, -0.25) is 9.69 Å². The SMILES string of the molecule is CCN1C(=O)/C(=C(\C=C2/Sc3cc(OC)ccc3N2CC)c2ccccc2)SC1=Nc1ccc(OC)cc1. The van der Waals surface area contributed by atoms with Gasteiger partial charge in [-0.05, 0) is 79.7 Å². The first-order valence-corrected chi connectivity index (χ1v) is 14.1. The molecule has 8 heteroatoms. The Kier molecular flexibility index (Phi) is 7.81. The molecule has 0 bridgehead atoms. The molecular formula is C30H29N3O3S2. The van der Waals surface area contributed by atoms with Gasteiger partial charge in [-0.2, -0.15) is 0 Å². The Bertz CT molecular complexity index is 1430. The van der Waals surface area contributed by atoms with Crippen LogP contribution in [0.2, 0.25) is 0 Å². The Balaban J connectivity index is 1.60. The van der Waals surface area contributed by atoms with Gasteiger partial charge in [0.2, 0.25) is 0 Å². The summed E-state index contributed by atoms with van der Waals surface area (Å²) in [5.74, 6) is 1.56. The molecule has 0 aliphatic carbocycles. The molecule has 3 aromatic carbocycles. The molecule has 0 atom stereocenters. The summed E-state index contributed by atoms with van der Waals surface area (Å²) in [5, 5.41) is 1.74. The fraction of sp³-hybridized carbons (Fsp3) is 0.200. The topological polar surface area (TPSA) is 54.4 Å². The quantitative estimate of drug-likeness (QED) is 0.295. The van der Waals surface area contributed by atoms with Gasteiger partial charge in [0, 0.05) is 23.6 Å². The monoisotopic (exact) mass is 543 g/mol. The van der Waals surface area contributed by atoms with Crippen LogP contribution in [0.5, 0.6) is 11.5 Å². The number of thioether (sulfide) groups is 2. The first-order valence-electron chi connectivity index (χ1n) is 12.4. The van der Waals surface area contributed by atoms with Crippen LogP contribution < -0.4 is 14.4 Å². The summed E-state index contributed by atoms with van der Waals surface area (Å²) in [7, 11) is 3.32. The number of hydrogen-bond acceptors (Lipinski definition) is 7. The number of benzene rings is 3. The number of hydrogen-bond donors (Lipinski definition) is 0. The standard InChI is InChI=1S/C30H29N3O3S2/c1-5-32-25-17-16-23(36-4)18-26(25)37-27(32)19-24(20-10-8-7-9-11-20)28-29(34)33(6-2)30(38-28)31-21-12-14-22(35-3)15-13-21/h7-19H,5-6H2,1-4H3/b27-19-,28-24-,31-30?. The second-order valence-corrected chi connectivity index (χ2v) is 10.6. The van der Waals surface area contributed by atoms with E-state index in [2.05, 4.69) is 30.0 Å². The summed E-state index contributed by atoms with van der Waals surface area (Å²) in [5.41, 5.74) is 3.79. The predicted molar refractivity (Wildman–Crippen MR) is 158 cm³/mol. The minimum absolute atomic E-state index is 0.0364. The number of ether oxygens (including phenoxy) is 2. The van der Waals surface area contributed by atoms with Crippen LogP contribution in [0.1, 0.15) is 19.4 Å². The van der Waals surface area contributed by atoms with E-state index >= 15 is 0 Å². The second kappa shape index (κ2) is 11.4. The Labute approximate surface area is 232 Å².